The summed E-state index contributed by atoms with van der Waals surface area (Å²) < 4.78 is 13.6. The van der Waals surface area contributed by atoms with Crippen molar-refractivity contribution in [3.05, 3.63) is 35.6 Å². The molecule has 0 heterocycles. The molecular weight excluding hydrogens is 191 g/mol. The minimum Gasteiger partial charge on any atom is -0.312 e. The summed E-state index contributed by atoms with van der Waals surface area (Å²) >= 11 is 0. The summed E-state index contributed by atoms with van der Waals surface area (Å²) in [4.78, 5) is 0. The molecule has 1 N–H and O–H groups in total. The fourth-order valence-corrected chi connectivity index (χ4v) is 2.04. The Kier molecular flexibility index (Phi) is 2.45. The molecule has 1 unspecified atom stereocenters. The minimum atomic E-state index is -0.392. The number of halogens is 1. The van der Waals surface area contributed by atoms with Crippen LogP contribution in [0, 0.1) is 22.6 Å². The fourth-order valence-electron chi connectivity index (χ4n) is 2.04. The lowest BCUT2D eigenvalue weighted by atomic mass is 9.91. The second kappa shape index (κ2) is 3.63. The van der Waals surface area contributed by atoms with Crippen molar-refractivity contribution in [1.29, 1.82) is 5.26 Å². The Morgan fingerprint density at radius 1 is 1.47 bits per heavy atom. The lowest BCUT2D eigenvalue weighted by molar-refractivity contribution is 0.424. The highest BCUT2D eigenvalue weighted by Gasteiger charge is 2.50. The molecule has 2 nitrogen and oxygen atoms in total. The average molecular weight is 204 g/mol. The first kappa shape index (κ1) is 10.1. The number of hydrogen-bond acceptors (Lipinski definition) is 2. The van der Waals surface area contributed by atoms with E-state index in [9.17, 15) is 4.39 Å². The van der Waals surface area contributed by atoms with Crippen molar-refractivity contribution in [2.75, 3.05) is 7.05 Å². The molecule has 2 rings (SSSR count). The van der Waals surface area contributed by atoms with Crippen molar-refractivity contribution in [1.82, 2.24) is 5.32 Å². The molecular formula is C12H13FN2. The maximum absolute atomic E-state index is 13.6. The Morgan fingerprint density at radius 2 is 2.13 bits per heavy atom. The van der Waals surface area contributed by atoms with Gasteiger partial charge in [0.05, 0.1) is 17.5 Å². The Morgan fingerprint density at radius 3 is 2.60 bits per heavy atom. The number of nitriles is 1. The average Bonchev–Trinajstić information content (AvgIpc) is 3.03. The largest absolute Gasteiger partial charge is 0.312 e. The van der Waals surface area contributed by atoms with Gasteiger partial charge in [-0.1, -0.05) is 18.2 Å². The Bertz CT molecular complexity index is 404. The van der Waals surface area contributed by atoms with Crippen molar-refractivity contribution in [2.24, 2.45) is 5.41 Å². The van der Waals surface area contributed by atoms with E-state index in [0.717, 1.165) is 12.8 Å². The smallest absolute Gasteiger partial charge is 0.128 e. The van der Waals surface area contributed by atoms with Gasteiger partial charge in [-0.3, -0.25) is 0 Å². The first-order valence-corrected chi connectivity index (χ1v) is 5.06. The molecule has 1 fully saturated rings. The summed E-state index contributed by atoms with van der Waals surface area (Å²) in [6, 6.07) is 8.76. The first-order valence-electron chi connectivity index (χ1n) is 5.06. The summed E-state index contributed by atoms with van der Waals surface area (Å²) in [6.07, 6.45) is 1.70. The predicted octanol–water partition coefficient (Wildman–Crippen LogP) is 2.39. The van der Waals surface area contributed by atoms with Crippen LogP contribution < -0.4 is 5.32 Å². The van der Waals surface area contributed by atoms with E-state index >= 15 is 0 Å². The summed E-state index contributed by atoms with van der Waals surface area (Å²) in [7, 11) is 1.77. The molecule has 0 saturated heterocycles. The van der Waals surface area contributed by atoms with Gasteiger partial charge in [0.1, 0.15) is 5.82 Å². The molecule has 1 saturated carbocycles. The monoisotopic (exact) mass is 204 g/mol. The first-order chi connectivity index (χ1) is 7.23. The third-order valence-electron chi connectivity index (χ3n) is 3.07. The zero-order valence-corrected chi connectivity index (χ0v) is 8.63. The number of rotatable bonds is 3. The Balaban J connectivity index is 2.37. The Hall–Kier alpha value is -1.40. The molecule has 0 radical (unpaired) electrons. The SMILES string of the molecule is CNC(c1ccccc1F)C1(C#N)CC1. The molecule has 1 aromatic carbocycles. The molecule has 3 heteroatoms. The van der Waals surface area contributed by atoms with Crippen molar-refractivity contribution in [3.8, 4) is 6.07 Å². The third-order valence-corrected chi connectivity index (χ3v) is 3.07. The van der Waals surface area contributed by atoms with Gasteiger partial charge in [-0.15, -0.1) is 0 Å². The molecule has 0 amide bonds. The van der Waals surface area contributed by atoms with E-state index in [4.69, 9.17) is 5.26 Å². The fraction of sp³-hybridized carbons (Fsp3) is 0.417. The van der Waals surface area contributed by atoms with Crippen LogP contribution in [0.5, 0.6) is 0 Å². The maximum Gasteiger partial charge on any atom is 0.128 e. The highest BCUT2D eigenvalue weighted by atomic mass is 19.1. The summed E-state index contributed by atoms with van der Waals surface area (Å²) in [5, 5.41) is 12.1. The van der Waals surface area contributed by atoms with Crippen molar-refractivity contribution in [2.45, 2.75) is 18.9 Å². The molecule has 1 aliphatic carbocycles. The minimum absolute atomic E-state index is 0.191. The van der Waals surface area contributed by atoms with Crippen LogP contribution in [-0.4, -0.2) is 7.05 Å². The standard InChI is InChI=1S/C12H13FN2/c1-15-11(12(8-14)6-7-12)9-4-2-3-5-10(9)13/h2-5,11,15H,6-7H2,1H3. The molecule has 0 bridgehead atoms. The van der Waals surface area contributed by atoms with E-state index in [1.165, 1.54) is 6.07 Å². The molecule has 15 heavy (non-hydrogen) atoms. The number of nitrogens with zero attached hydrogens (tertiary/aromatic N) is 1. The lowest BCUT2D eigenvalue weighted by Gasteiger charge is -2.21. The second-order valence-electron chi connectivity index (χ2n) is 4.01. The van der Waals surface area contributed by atoms with E-state index < -0.39 is 5.41 Å². The summed E-state index contributed by atoms with van der Waals surface area (Å²) in [5.74, 6) is -0.238. The van der Waals surface area contributed by atoms with Crippen molar-refractivity contribution >= 4 is 0 Å². The van der Waals surface area contributed by atoms with Crippen LogP contribution in [0.4, 0.5) is 4.39 Å². The van der Waals surface area contributed by atoms with Gasteiger partial charge in [-0.2, -0.15) is 5.26 Å². The van der Waals surface area contributed by atoms with E-state index in [-0.39, 0.29) is 11.9 Å². The number of nitrogens with one attached hydrogen (secondary N) is 1. The zero-order chi connectivity index (χ0) is 10.9. The highest BCUT2D eigenvalue weighted by molar-refractivity contribution is 5.29. The lowest BCUT2D eigenvalue weighted by Crippen LogP contribution is -2.26. The molecule has 1 aliphatic rings. The van der Waals surface area contributed by atoms with Gasteiger partial charge in [-0.25, -0.2) is 4.39 Å². The normalized spacial score (nSPS) is 19.3. The van der Waals surface area contributed by atoms with Gasteiger partial charge in [0.15, 0.2) is 0 Å². The van der Waals surface area contributed by atoms with E-state index in [2.05, 4.69) is 11.4 Å². The predicted molar refractivity (Wildman–Crippen MR) is 55.5 cm³/mol. The van der Waals surface area contributed by atoms with Crippen LogP contribution in [-0.2, 0) is 0 Å². The molecule has 1 atom stereocenters. The van der Waals surface area contributed by atoms with E-state index in [1.54, 1.807) is 25.2 Å². The van der Waals surface area contributed by atoms with Crippen LogP contribution in [0.25, 0.3) is 0 Å². The quantitative estimate of drug-likeness (QED) is 0.820. The van der Waals surface area contributed by atoms with Gasteiger partial charge in [0.2, 0.25) is 0 Å². The molecule has 0 aromatic heterocycles. The van der Waals surface area contributed by atoms with Gasteiger partial charge >= 0.3 is 0 Å². The van der Waals surface area contributed by atoms with E-state index in [0.29, 0.717) is 5.56 Å². The summed E-state index contributed by atoms with van der Waals surface area (Å²) in [6.45, 7) is 0. The molecule has 1 aromatic rings. The zero-order valence-electron chi connectivity index (χ0n) is 8.63. The number of benzene rings is 1. The Labute approximate surface area is 88.7 Å². The van der Waals surface area contributed by atoms with E-state index in [1.807, 2.05) is 0 Å². The third kappa shape index (κ3) is 1.62. The molecule has 78 valence electrons. The van der Waals surface area contributed by atoms with Gasteiger partial charge in [0, 0.05) is 5.56 Å². The number of hydrogen-bond donors (Lipinski definition) is 1. The van der Waals surface area contributed by atoms with Crippen LogP contribution in [0.15, 0.2) is 24.3 Å². The van der Waals surface area contributed by atoms with Crippen LogP contribution in [0.3, 0.4) is 0 Å². The topological polar surface area (TPSA) is 35.8 Å². The van der Waals surface area contributed by atoms with Crippen molar-refractivity contribution in [3.63, 3.8) is 0 Å². The van der Waals surface area contributed by atoms with Crippen molar-refractivity contribution < 1.29 is 4.39 Å². The maximum atomic E-state index is 13.6. The molecule has 0 spiro atoms. The molecule has 0 aliphatic heterocycles. The summed E-state index contributed by atoms with van der Waals surface area (Å²) in [5.41, 5.74) is 0.204. The van der Waals surface area contributed by atoms with Gasteiger partial charge in [0.25, 0.3) is 0 Å². The second-order valence-corrected chi connectivity index (χ2v) is 4.01. The van der Waals surface area contributed by atoms with Crippen LogP contribution in [0.2, 0.25) is 0 Å². The highest BCUT2D eigenvalue weighted by Crippen LogP contribution is 2.54. The van der Waals surface area contributed by atoms with Crippen LogP contribution >= 0.6 is 0 Å². The van der Waals surface area contributed by atoms with Crippen LogP contribution in [0.1, 0.15) is 24.4 Å². The van der Waals surface area contributed by atoms with Gasteiger partial charge < -0.3 is 5.32 Å². The van der Waals surface area contributed by atoms with Gasteiger partial charge in [-0.05, 0) is 26.0 Å².